The highest BCUT2D eigenvalue weighted by atomic mass is 16.3. The van der Waals surface area contributed by atoms with Crippen LogP contribution in [0.15, 0.2) is 60.8 Å². The number of nitrogens with zero attached hydrogens (tertiary/aromatic N) is 3. The Morgan fingerprint density at radius 3 is 2.64 bits per heavy atom. The van der Waals surface area contributed by atoms with Gasteiger partial charge in [0.2, 0.25) is 0 Å². The minimum absolute atomic E-state index is 0.0320. The van der Waals surface area contributed by atoms with Gasteiger partial charge >= 0.3 is 0 Å². The van der Waals surface area contributed by atoms with Gasteiger partial charge in [-0.05, 0) is 24.6 Å². The monoisotopic (exact) mass is 336 g/mol. The van der Waals surface area contributed by atoms with Crippen molar-refractivity contribution in [1.82, 2.24) is 20.1 Å². The summed E-state index contributed by atoms with van der Waals surface area (Å²) >= 11 is 0. The Hall–Kier alpha value is -2.99. The fourth-order valence-electron chi connectivity index (χ4n) is 2.56. The Labute approximate surface area is 146 Å². The van der Waals surface area contributed by atoms with E-state index < -0.39 is 0 Å². The van der Waals surface area contributed by atoms with E-state index in [0.717, 1.165) is 17.0 Å². The van der Waals surface area contributed by atoms with Crippen LogP contribution in [0.3, 0.4) is 0 Å². The molecule has 0 spiro atoms. The van der Waals surface area contributed by atoms with E-state index >= 15 is 0 Å². The molecule has 0 saturated carbocycles. The smallest absolute Gasteiger partial charge is 0.272 e. The van der Waals surface area contributed by atoms with Crippen molar-refractivity contribution in [3.63, 3.8) is 0 Å². The molecule has 2 heterocycles. The van der Waals surface area contributed by atoms with Crippen molar-refractivity contribution in [1.29, 1.82) is 0 Å². The average Bonchev–Trinajstić information content (AvgIpc) is 3.16. The number of aromatic nitrogens is 3. The lowest BCUT2D eigenvalue weighted by Crippen LogP contribution is -2.32. The van der Waals surface area contributed by atoms with Gasteiger partial charge in [-0.25, -0.2) is 0 Å². The molecule has 0 atom stereocenters. The number of aromatic amines is 1. The van der Waals surface area contributed by atoms with E-state index in [9.17, 15) is 4.79 Å². The molecule has 3 aromatic rings. The fourth-order valence-corrected chi connectivity index (χ4v) is 2.56. The molecule has 0 aliphatic rings. The van der Waals surface area contributed by atoms with Crippen LogP contribution in [-0.2, 0) is 6.54 Å². The maximum atomic E-state index is 12.8. The topological polar surface area (TPSA) is 82.1 Å². The average molecular weight is 336 g/mol. The number of pyridine rings is 1. The highest BCUT2D eigenvalue weighted by Gasteiger charge is 2.19. The Morgan fingerprint density at radius 1 is 1.12 bits per heavy atom. The molecular formula is C19H20N4O2. The summed E-state index contributed by atoms with van der Waals surface area (Å²) in [7, 11) is 0. The van der Waals surface area contributed by atoms with Gasteiger partial charge in [-0.2, -0.15) is 5.10 Å². The Bertz CT molecular complexity index is 803. The van der Waals surface area contributed by atoms with Gasteiger partial charge in [0.05, 0.1) is 17.9 Å². The number of hydrogen-bond donors (Lipinski definition) is 2. The first-order valence-electron chi connectivity index (χ1n) is 8.19. The van der Waals surface area contributed by atoms with Crippen LogP contribution < -0.4 is 0 Å². The predicted molar refractivity (Wildman–Crippen MR) is 94.7 cm³/mol. The number of hydrogen-bond acceptors (Lipinski definition) is 4. The number of rotatable bonds is 7. The number of nitrogens with one attached hydrogen (secondary N) is 1. The van der Waals surface area contributed by atoms with Gasteiger partial charge in [-0.3, -0.25) is 14.9 Å². The SMILES string of the molecule is O=C(c1cc(-c2ccccc2)n[nH]1)N(CCCO)Cc1ccccn1. The lowest BCUT2D eigenvalue weighted by molar-refractivity contribution is 0.0724. The van der Waals surface area contributed by atoms with E-state index in [0.29, 0.717) is 25.2 Å². The third kappa shape index (κ3) is 4.30. The molecule has 6 heteroatoms. The molecule has 1 amide bonds. The van der Waals surface area contributed by atoms with Crippen molar-refractivity contribution in [2.24, 2.45) is 0 Å². The molecule has 1 aromatic carbocycles. The van der Waals surface area contributed by atoms with E-state index in [1.807, 2.05) is 48.5 Å². The summed E-state index contributed by atoms with van der Waals surface area (Å²) in [4.78, 5) is 18.8. The van der Waals surface area contributed by atoms with E-state index in [2.05, 4.69) is 15.2 Å². The third-order valence-corrected chi connectivity index (χ3v) is 3.83. The number of carbonyl (C=O) groups is 1. The van der Waals surface area contributed by atoms with Gasteiger partial charge in [0.15, 0.2) is 0 Å². The number of aliphatic hydroxyl groups is 1. The second-order valence-corrected chi connectivity index (χ2v) is 5.66. The van der Waals surface area contributed by atoms with Gasteiger partial charge in [0.25, 0.3) is 5.91 Å². The third-order valence-electron chi connectivity index (χ3n) is 3.83. The lowest BCUT2D eigenvalue weighted by atomic mass is 10.1. The van der Waals surface area contributed by atoms with Crippen LogP contribution in [0.25, 0.3) is 11.3 Å². The number of aliphatic hydroxyl groups excluding tert-OH is 1. The highest BCUT2D eigenvalue weighted by Crippen LogP contribution is 2.18. The first-order valence-corrected chi connectivity index (χ1v) is 8.19. The van der Waals surface area contributed by atoms with Crippen molar-refractivity contribution in [3.05, 3.63) is 72.2 Å². The molecule has 0 fully saturated rings. The standard InChI is InChI=1S/C19H20N4O2/c24-12-6-11-23(14-16-9-4-5-10-20-16)19(25)18-13-17(21-22-18)15-7-2-1-3-8-15/h1-5,7-10,13,24H,6,11-12,14H2,(H,21,22). The number of benzene rings is 1. The van der Waals surface area contributed by atoms with Crippen molar-refractivity contribution in [2.75, 3.05) is 13.2 Å². The van der Waals surface area contributed by atoms with Crippen molar-refractivity contribution >= 4 is 5.91 Å². The minimum Gasteiger partial charge on any atom is -0.396 e. The van der Waals surface area contributed by atoms with Gasteiger partial charge in [-0.1, -0.05) is 36.4 Å². The fraction of sp³-hybridized carbons (Fsp3) is 0.211. The Morgan fingerprint density at radius 2 is 1.92 bits per heavy atom. The summed E-state index contributed by atoms with van der Waals surface area (Å²) in [5, 5.41) is 16.2. The van der Waals surface area contributed by atoms with Gasteiger partial charge in [-0.15, -0.1) is 0 Å². The quantitative estimate of drug-likeness (QED) is 0.694. The molecule has 6 nitrogen and oxygen atoms in total. The Balaban J connectivity index is 1.78. The predicted octanol–water partition coefficient (Wildman–Crippen LogP) is 2.50. The summed E-state index contributed by atoms with van der Waals surface area (Å²) in [5.41, 5.74) is 2.90. The summed E-state index contributed by atoms with van der Waals surface area (Å²) in [6.45, 7) is 0.870. The normalized spacial score (nSPS) is 10.6. The molecule has 2 aromatic heterocycles. The Kier molecular flexibility index (Phi) is 5.53. The molecule has 2 N–H and O–H groups in total. The van der Waals surface area contributed by atoms with E-state index in [4.69, 9.17) is 5.11 Å². The van der Waals surface area contributed by atoms with Gasteiger partial charge < -0.3 is 10.0 Å². The molecule has 0 aliphatic heterocycles. The largest absolute Gasteiger partial charge is 0.396 e. The first kappa shape index (κ1) is 16.9. The minimum atomic E-state index is -0.159. The van der Waals surface area contributed by atoms with Gasteiger partial charge in [0, 0.05) is 24.9 Å². The molecule has 3 rings (SSSR count). The molecule has 0 saturated heterocycles. The number of H-pyrrole nitrogens is 1. The summed E-state index contributed by atoms with van der Waals surface area (Å²) < 4.78 is 0. The zero-order valence-corrected chi connectivity index (χ0v) is 13.8. The highest BCUT2D eigenvalue weighted by molar-refractivity contribution is 5.93. The van der Waals surface area contributed by atoms with Crippen LogP contribution in [0.2, 0.25) is 0 Å². The van der Waals surface area contributed by atoms with Crippen LogP contribution in [0, 0.1) is 0 Å². The van der Waals surface area contributed by atoms with Crippen LogP contribution in [0.1, 0.15) is 22.6 Å². The van der Waals surface area contributed by atoms with Crippen molar-refractivity contribution < 1.29 is 9.90 Å². The van der Waals surface area contributed by atoms with Crippen LogP contribution in [0.4, 0.5) is 0 Å². The van der Waals surface area contributed by atoms with Crippen molar-refractivity contribution in [3.8, 4) is 11.3 Å². The van der Waals surface area contributed by atoms with E-state index in [1.165, 1.54) is 0 Å². The number of carbonyl (C=O) groups excluding carboxylic acids is 1. The van der Waals surface area contributed by atoms with E-state index in [-0.39, 0.29) is 12.5 Å². The molecule has 0 bridgehead atoms. The maximum absolute atomic E-state index is 12.8. The van der Waals surface area contributed by atoms with Crippen molar-refractivity contribution in [2.45, 2.75) is 13.0 Å². The second-order valence-electron chi connectivity index (χ2n) is 5.66. The molecule has 25 heavy (non-hydrogen) atoms. The number of amides is 1. The molecule has 128 valence electrons. The molecule has 0 aliphatic carbocycles. The summed E-state index contributed by atoms with van der Waals surface area (Å²) in [6, 6.07) is 17.0. The maximum Gasteiger partial charge on any atom is 0.272 e. The molecule has 0 unspecified atom stereocenters. The van der Waals surface area contributed by atoms with Crippen LogP contribution in [0.5, 0.6) is 0 Å². The van der Waals surface area contributed by atoms with Crippen LogP contribution in [-0.4, -0.2) is 44.2 Å². The summed E-state index contributed by atoms with van der Waals surface area (Å²) in [6.07, 6.45) is 2.21. The molecular weight excluding hydrogens is 316 g/mol. The first-order chi connectivity index (χ1) is 12.3. The lowest BCUT2D eigenvalue weighted by Gasteiger charge is -2.21. The second kappa shape index (κ2) is 8.21. The van der Waals surface area contributed by atoms with Crippen LogP contribution >= 0.6 is 0 Å². The molecule has 0 radical (unpaired) electrons. The zero-order valence-electron chi connectivity index (χ0n) is 13.8. The zero-order chi connectivity index (χ0) is 17.5. The summed E-state index contributed by atoms with van der Waals surface area (Å²) in [5.74, 6) is -0.159. The van der Waals surface area contributed by atoms with Gasteiger partial charge in [0.1, 0.15) is 5.69 Å². The van der Waals surface area contributed by atoms with E-state index in [1.54, 1.807) is 17.2 Å².